The Morgan fingerprint density at radius 1 is 1.30 bits per heavy atom. The lowest BCUT2D eigenvalue weighted by Crippen LogP contribution is -2.43. The van der Waals surface area contributed by atoms with Crippen molar-refractivity contribution in [1.29, 1.82) is 0 Å². The van der Waals surface area contributed by atoms with Crippen molar-refractivity contribution in [1.82, 2.24) is 4.90 Å². The summed E-state index contributed by atoms with van der Waals surface area (Å²) in [6, 6.07) is 7.19. The Kier molecular flexibility index (Phi) is 4.61. The van der Waals surface area contributed by atoms with Gasteiger partial charge < -0.3 is 10.5 Å². The third-order valence-electron chi connectivity index (χ3n) is 3.30. The predicted octanol–water partition coefficient (Wildman–Crippen LogP) is 1.82. The van der Waals surface area contributed by atoms with Gasteiger partial charge in [0.15, 0.2) is 0 Å². The summed E-state index contributed by atoms with van der Waals surface area (Å²) in [6.45, 7) is 2.80. The predicted molar refractivity (Wildman–Crippen MR) is 76.1 cm³/mol. The summed E-state index contributed by atoms with van der Waals surface area (Å²) >= 11 is 0. The Balaban J connectivity index is 1.76. The molecule has 0 unspecified atom stereocenters. The van der Waals surface area contributed by atoms with Crippen LogP contribution in [0, 0.1) is 5.92 Å². The van der Waals surface area contributed by atoms with Crippen molar-refractivity contribution in [2.75, 3.05) is 18.9 Å². The fourth-order valence-corrected chi connectivity index (χ4v) is 2.29. The van der Waals surface area contributed by atoms with Gasteiger partial charge in [0.05, 0.1) is 6.61 Å². The van der Waals surface area contributed by atoms with Crippen molar-refractivity contribution in [3.63, 3.8) is 0 Å². The Morgan fingerprint density at radius 2 is 2.00 bits per heavy atom. The van der Waals surface area contributed by atoms with Gasteiger partial charge in [-0.3, -0.25) is 14.5 Å². The average Bonchev–Trinajstić information content (AvgIpc) is 2.36. The highest BCUT2D eigenvalue weighted by Gasteiger charge is 2.29. The fourth-order valence-electron chi connectivity index (χ4n) is 2.29. The molecule has 0 aromatic heterocycles. The molecule has 108 valence electrons. The molecule has 0 saturated carbocycles. The molecule has 1 saturated heterocycles. The van der Waals surface area contributed by atoms with Crippen molar-refractivity contribution in [2.24, 2.45) is 5.92 Å². The van der Waals surface area contributed by atoms with Gasteiger partial charge in [0, 0.05) is 31.1 Å². The minimum atomic E-state index is -0.0716. The quantitative estimate of drug-likeness (QED) is 0.506. The molecule has 1 aromatic carbocycles. The Morgan fingerprint density at radius 3 is 2.65 bits per heavy atom. The van der Waals surface area contributed by atoms with Crippen LogP contribution in [0.15, 0.2) is 24.3 Å². The summed E-state index contributed by atoms with van der Waals surface area (Å²) in [7, 11) is 0. The second-order valence-corrected chi connectivity index (χ2v) is 5.23. The third kappa shape index (κ3) is 3.73. The topological polar surface area (TPSA) is 72.6 Å². The molecule has 20 heavy (non-hydrogen) atoms. The first-order chi connectivity index (χ1) is 9.56. The van der Waals surface area contributed by atoms with Crippen LogP contribution in [0.4, 0.5) is 5.69 Å². The van der Waals surface area contributed by atoms with Gasteiger partial charge >= 0.3 is 0 Å². The van der Waals surface area contributed by atoms with Gasteiger partial charge in [-0.1, -0.05) is 13.0 Å². The molecule has 5 nitrogen and oxygen atoms in total. The molecule has 1 aromatic rings. The molecule has 2 amide bonds. The summed E-state index contributed by atoms with van der Waals surface area (Å²) < 4.78 is 5.54. The zero-order valence-corrected chi connectivity index (χ0v) is 11.7. The third-order valence-corrected chi connectivity index (χ3v) is 3.30. The number of carbonyl (C=O) groups is 2. The second-order valence-electron chi connectivity index (χ2n) is 5.23. The maximum atomic E-state index is 11.8. The molecular weight excluding hydrogens is 256 g/mol. The number of carbonyl (C=O) groups excluding carboxylic acids is 2. The van der Waals surface area contributed by atoms with Gasteiger partial charge in [0.1, 0.15) is 5.75 Å². The standard InChI is InChI=1S/C15H20N2O3/c1-11-8-14(18)17(15(19)9-11)6-3-7-20-13-5-2-4-12(16)10-13/h2,4-5,10-11H,3,6-9,16H2,1H3. The van der Waals surface area contributed by atoms with E-state index >= 15 is 0 Å². The number of benzene rings is 1. The van der Waals surface area contributed by atoms with Crippen LogP contribution >= 0.6 is 0 Å². The SMILES string of the molecule is CC1CC(=O)N(CCCOc2cccc(N)c2)C(=O)C1. The summed E-state index contributed by atoms with van der Waals surface area (Å²) in [6.07, 6.45) is 1.55. The lowest BCUT2D eigenvalue weighted by atomic mass is 9.98. The molecule has 0 radical (unpaired) electrons. The van der Waals surface area contributed by atoms with Crippen LogP contribution in [0.2, 0.25) is 0 Å². The van der Waals surface area contributed by atoms with Crippen LogP contribution < -0.4 is 10.5 Å². The molecule has 2 rings (SSSR count). The Bertz CT molecular complexity index is 484. The number of amides is 2. The van der Waals surface area contributed by atoms with E-state index in [1.54, 1.807) is 12.1 Å². The van der Waals surface area contributed by atoms with Crippen LogP contribution in [0.1, 0.15) is 26.2 Å². The molecule has 1 heterocycles. The van der Waals surface area contributed by atoms with E-state index in [4.69, 9.17) is 10.5 Å². The second kappa shape index (κ2) is 6.41. The van der Waals surface area contributed by atoms with E-state index in [1.165, 1.54) is 4.90 Å². The van der Waals surface area contributed by atoms with E-state index in [1.807, 2.05) is 19.1 Å². The lowest BCUT2D eigenvalue weighted by molar-refractivity contribution is -0.149. The number of imide groups is 1. The number of anilines is 1. The van der Waals surface area contributed by atoms with E-state index in [0.29, 0.717) is 43.9 Å². The van der Waals surface area contributed by atoms with E-state index in [2.05, 4.69) is 0 Å². The molecule has 1 aliphatic rings. The van der Waals surface area contributed by atoms with E-state index in [-0.39, 0.29) is 17.7 Å². The summed E-state index contributed by atoms with van der Waals surface area (Å²) in [5, 5.41) is 0. The maximum absolute atomic E-state index is 11.8. The minimum absolute atomic E-state index is 0.0716. The van der Waals surface area contributed by atoms with Crippen LogP contribution in [-0.4, -0.2) is 29.9 Å². The monoisotopic (exact) mass is 276 g/mol. The number of rotatable bonds is 5. The first kappa shape index (κ1) is 14.4. The van der Waals surface area contributed by atoms with Gasteiger partial charge in [-0.05, 0) is 24.5 Å². The first-order valence-electron chi connectivity index (χ1n) is 6.88. The van der Waals surface area contributed by atoms with Gasteiger partial charge in [-0.2, -0.15) is 0 Å². The molecule has 0 bridgehead atoms. The number of nitrogens with zero attached hydrogens (tertiary/aromatic N) is 1. The average molecular weight is 276 g/mol. The highest BCUT2D eigenvalue weighted by Crippen LogP contribution is 2.19. The molecule has 0 atom stereocenters. The summed E-state index contributed by atoms with van der Waals surface area (Å²) in [5.74, 6) is 0.722. The van der Waals surface area contributed by atoms with Crippen LogP contribution in [0.3, 0.4) is 0 Å². The van der Waals surface area contributed by atoms with E-state index in [9.17, 15) is 9.59 Å². The number of likely N-dealkylation sites (tertiary alicyclic amines) is 1. The van der Waals surface area contributed by atoms with Crippen molar-refractivity contribution >= 4 is 17.5 Å². The Hall–Kier alpha value is -2.04. The Labute approximate surface area is 118 Å². The number of hydrogen-bond donors (Lipinski definition) is 1. The fraction of sp³-hybridized carbons (Fsp3) is 0.467. The van der Waals surface area contributed by atoms with Gasteiger partial charge in [-0.25, -0.2) is 0 Å². The zero-order valence-electron chi connectivity index (χ0n) is 11.7. The first-order valence-corrected chi connectivity index (χ1v) is 6.88. The normalized spacial score (nSPS) is 16.6. The van der Waals surface area contributed by atoms with E-state index in [0.717, 1.165) is 0 Å². The van der Waals surface area contributed by atoms with Gasteiger partial charge in [-0.15, -0.1) is 0 Å². The largest absolute Gasteiger partial charge is 0.493 e. The minimum Gasteiger partial charge on any atom is -0.493 e. The zero-order chi connectivity index (χ0) is 14.5. The van der Waals surface area contributed by atoms with Crippen molar-refractivity contribution < 1.29 is 14.3 Å². The highest BCUT2D eigenvalue weighted by molar-refractivity contribution is 5.97. The van der Waals surface area contributed by atoms with Crippen LogP contribution in [-0.2, 0) is 9.59 Å². The summed E-state index contributed by atoms with van der Waals surface area (Å²) in [5.41, 5.74) is 6.30. The van der Waals surface area contributed by atoms with Crippen molar-refractivity contribution in [3.05, 3.63) is 24.3 Å². The smallest absolute Gasteiger partial charge is 0.229 e. The maximum Gasteiger partial charge on any atom is 0.229 e. The van der Waals surface area contributed by atoms with Crippen LogP contribution in [0.5, 0.6) is 5.75 Å². The molecule has 1 aliphatic heterocycles. The van der Waals surface area contributed by atoms with Crippen molar-refractivity contribution in [3.8, 4) is 5.75 Å². The number of nitrogen functional groups attached to an aromatic ring is 1. The van der Waals surface area contributed by atoms with Gasteiger partial charge in [0.2, 0.25) is 11.8 Å². The molecule has 1 fully saturated rings. The highest BCUT2D eigenvalue weighted by atomic mass is 16.5. The van der Waals surface area contributed by atoms with E-state index < -0.39 is 0 Å². The van der Waals surface area contributed by atoms with Crippen molar-refractivity contribution in [2.45, 2.75) is 26.2 Å². The molecular formula is C15H20N2O3. The molecule has 0 aliphatic carbocycles. The van der Waals surface area contributed by atoms with Gasteiger partial charge in [0.25, 0.3) is 0 Å². The number of hydrogen-bond acceptors (Lipinski definition) is 4. The number of piperidine rings is 1. The molecule has 2 N–H and O–H groups in total. The summed E-state index contributed by atoms with van der Waals surface area (Å²) in [4.78, 5) is 24.9. The number of nitrogens with two attached hydrogens (primary N) is 1. The van der Waals surface area contributed by atoms with Crippen LogP contribution in [0.25, 0.3) is 0 Å². The lowest BCUT2D eigenvalue weighted by Gasteiger charge is -2.28. The molecule has 0 spiro atoms. The molecule has 5 heteroatoms. The number of ether oxygens (including phenoxy) is 1.